The molecule has 202 valence electrons. The molecule has 6 heteroatoms. The summed E-state index contributed by atoms with van der Waals surface area (Å²) in [6.07, 6.45) is 6.35. The number of carbonyl (C=O) groups excluding carboxylic acids is 1. The maximum Gasteiger partial charge on any atom is 0.313 e. The molecule has 1 aliphatic carbocycles. The van der Waals surface area contributed by atoms with Crippen molar-refractivity contribution in [2.24, 2.45) is 5.92 Å². The first-order valence-corrected chi connectivity index (χ1v) is 13.5. The largest absolute Gasteiger partial charge is 0.488 e. The van der Waals surface area contributed by atoms with Gasteiger partial charge in [0.25, 0.3) is 0 Å². The summed E-state index contributed by atoms with van der Waals surface area (Å²) in [6, 6.07) is 13.0. The highest BCUT2D eigenvalue weighted by Gasteiger charge is 2.33. The summed E-state index contributed by atoms with van der Waals surface area (Å²) < 4.78 is 25.3. The molecule has 0 saturated carbocycles. The molecule has 2 atom stereocenters. The van der Waals surface area contributed by atoms with Crippen LogP contribution in [0.1, 0.15) is 69.1 Å². The van der Waals surface area contributed by atoms with Crippen molar-refractivity contribution < 1.29 is 23.8 Å². The van der Waals surface area contributed by atoms with E-state index in [-0.39, 0.29) is 30.5 Å². The minimum absolute atomic E-state index is 0.0101. The molecule has 0 spiro atoms. The van der Waals surface area contributed by atoms with Crippen LogP contribution in [0.2, 0.25) is 0 Å². The van der Waals surface area contributed by atoms with Crippen LogP contribution in [0.3, 0.4) is 0 Å². The Kier molecular flexibility index (Phi) is 10.7. The Bertz CT molecular complexity index is 1010. The summed E-state index contributed by atoms with van der Waals surface area (Å²) in [4.78, 5) is 12.4. The van der Waals surface area contributed by atoms with Gasteiger partial charge in [0, 0.05) is 12.1 Å². The minimum Gasteiger partial charge on any atom is -0.488 e. The normalized spacial score (nSPS) is 15.2. The first-order chi connectivity index (χ1) is 17.8. The molecule has 0 radical (unpaired) electrons. The van der Waals surface area contributed by atoms with Crippen LogP contribution in [-0.2, 0) is 22.4 Å². The Morgan fingerprint density at radius 2 is 1.86 bits per heavy atom. The van der Waals surface area contributed by atoms with Crippen LogP contribution < -0.4 is 10.1 Å². The number of carbonyl (C=O) groups is 1. The molecule has 2 N–H and O–H groups in total. The first-order valence-electron chi connectivity index (χ1n) is 13.5. The number of fused-ring (bicyclic) bond motifs is 1. The van der Waals surface area contributed by atoms with Crippen molar-refractivity contribution in [2.45, 2.75) is 76.9 Å². The van der Waals surface area contributed by atoms with Gasteiger partial charge in [0.1, 0.15) is 12.7 Å². The number of rotatable bonds is 15. The molecule has 1 unspecified atom stereocenters. The quantitative estimate of drug-likeness (QED) is 0.236. The van der Waals surface area contributed by atoms with E-state index in [2.05, 4.69) is 50.0 Å². The number of β-amino-alcohol motifs (C(OH)–C–C–N with tert-alkyl or cyclic N) is 1. The Hall–Kier alpha value is -2.70. The highest BCUT2D eigenvalue weighted by atomic mass is 19.1. The molecule has 0 amide bonds. The van der Waals surface area contributed by atoms with Crippen LogP contribution in [0, 0.1) is 11.7 Å². The molecule has 0 saturated heterocycles. The summed E-state index contributed by atoms with van der Waals surface area (Å²) in [5, 5.41) is 14.3. The molecule has 1 aliphatic rings. The lowest BCUT2D eigenvalue weighted by molar-refractivity contribution is -0.144. The zero-order valence-corrected chi connectivity index (χ0v) is 22.5. The molecular weight excluding hydrogens is 469 g/mol. The van der Waals surface area contributed by atoms with Gasteiger partial charge in [-0.25, -0.2) is 4.39 Å². The second-order valence-corrected chi connectivity index (χ2v) is 10.1. The van der Waals surface area contributed by atoms with Gasteiger partial charge in [-0.05, 0) is 80.2 Å². The Morgan fingerprint density at radius 3 is 2.46 bits per heavy atom. The van der Waals surface area contributed by atoms with E-state index >= 15 is 0 Å². The van der Waals surface area contributed by atoms with E-state index in [1.54, 1.807) is 19.1 Å². The average molecular weight is 512 g/mol. The summed E-state index contributed by atoms with van der Waals surface area (Å²) in [6.45, 7) is 10.4. The van der Waals surface area contributed by atoms with Gasteiger partial charge < -0.3 is 19.9 Å². The topological polar surface area (TPSA) is 67.8 Å². The number of hydrogen-bond acceptors (Lipinski definition) is 5. The van der Waals surface area contributed by atoms with Crippen LogP contribution in [0.5, 0.6) is 5.75 Å². The van der Waals surface area contributed by atoms with Crippen molar-refractivity contribution in [2.75, 3.05) is 19.8 Å². The number of ether oxygens (including phenoxy) is 2. The van der Waals surface area contributed by atoms with Crippen LogP contribution >= 0.6 is 0 Å². The average Bonchev–Trinajstić information content (AvgIpc) is 3.31. The van der Waals surface area contributed by atoms with E-state index < -0.39 is 17.8 Å². The van der Waals surface area contributed by atoms with Gasteiger partial charge in [-0.2, -0.15) is 0 Å². The first kappa shape index (κ1) is 28.9. The number of esters is 1. The highest BCUT2D eigenvalue weighted by Crippen LogP contribution is 2.34. The molecule has 5 nitrogen and oxygen atoms in total. The minimum atomic E-state index is -0.810. The summed E-state index contributed by atoms with van der Waals surface area (Å²) >= 11 is 0. The summed E-state index contributed by atoms with van der Waals surface area (Å²) in [5.74, 6) is -0.912. The zero-order valence-electron chi connectivity index (χ0n) is 22.5. The van der Waals surface area contributed by atoms with Gasteiger partial charge in [0.05, 0.1) is 12.5 Å². The van der Waals surface area contributed by atoms with Crippen LogP contribution in [0.4, 0.5) is 4.39 Å². The molecule has 0 heterocycles. The standard InChI is InChI=1S/C31H42FNO4/c1-5-11-27(30(35)36-8-4)25-14-15-28(32)29(18-25)37-21-26(34)20-33-31(6-2,7-3)19-22-16-23-12-9-10-13-24(23)17-22/h5,9-10,12-15,18,22,26-27,33-34H,1,6-8,11,16-17,19-21H2,2-4H3/t26-,27?/m1/s1. The molecule has 37 heavy (non-hydrogen) atoms. The maximum absolute atomic E-state index is 14.5. The second-order valence-electron chi connectivity index (χ2n) is 10.1. The van der Waals surface area contributed by atoms with Crippen molar-refractivity contribution >= 4 is 5.97 Å². The predicted octanol–water partition coefficient (Wildman–Crippen LogP) is 5.74. The number of aliphatic hydroxyl groups is 1. The molecule has 0 aromatic heterocycles. The fraction of sp³-hybridized carbons (Fsp3) is 0.516. The van der Waals surface area contributed by atoms with Crippen LogP contribution in [0.15, 0.2) is 55.1 Å². The summed E-state index contributed by atoms with van der Waals surface area (Å²) in [7, 11) is 0. The lowest BCUT2D eigenvalue weighted by atomic mass is 9.81. The highest BCUT2D eigenvalue weighted by molar-refractivity contribution is 5.78. The predicted molar refractivity (Wildman–Crippen MR) is 145 cm³/mol. The second kappa shape index (κ2) is 13.7. The zero-order chi connectivity index (χ0) is 26.8. The molecule has 0 aliphatic heterocycles. The molecule has 0 fully saturated rings. The van der Waals surface area contributed by atoms with Crippen molar-refractivity contribution in [1.29, 1.82) is 0 Å². The molecule has 0 bridgehead atoms. The van der Waals surface area contributed by atoms with Crippen LogP contribution in [0.25, 0.3) is 0 Å². The molecule has 2 aromatic rings. The van der Waals surface area contributed by atoms with E-state index in [0.717, 1.165) is 32.1 Å². The number of nitrogens with one attached hydrogen (secondary N) is 1. The Balaban J connectivity index is 1.58. The lowest BCUT2D eigenvalue weighted by Crippen LogP contribution is -2.49. The maximum atomic E-state index is 14.5. The number of halogens is 1. The number of aliphatic hydroxyl groups excluding tert-OH is 1. The van der Waals surface area contributed by atoms with E-state index in [0.29, 0.717) is 24.4 Å². The SMILES string of the molecule is C=CCC(C(=O)OCC)c1ccc(F)c(OC[C@H](O)CNC(CC)(CC)CC2Cc3ccccc3C2)c1. The van der Waals surface area contributed by atoms with Gasteiger partial charge in [-0.15, -0.1) is 6.58 Å². The van der Waals surface area contributed by atoms with Gasteiger partial charge in [0.2, 0.25) is 0 Å². The molecule has 3 rings (SSSR count). The van der Waals surface area contributed by atoms with Crippen molar-refractivity contribution in [1.82, 2.24) is 5.32 Å². The third-order valence-electron chi connectivity index (χ3n) is 7.64. The lowest BCUT2D eigenvalue weighted by Gasteiger charge is -2.36. The monoisotopic (exact) mass is 511 g/mol. The van der Waals surface area contributed by atoms with E-state index in [1.165, 1.54) is 23.3 Å². The van der Waals surface area contributed by atoms with Gasteiger partial charge in [-0.1, -0.05) is 50.3 Å². The third kappa shape index (κ3) is 7.65. The fourth-order valence-electron chi connectivity index (χ4n) is 5.41. The number of hydrogen-bond donors (Lipinski definition) is 2. The van der Waals surface area contributed by atoms with Gasteiger partial charge in [0.15, 0.2) is 11.6 Å². The van der Waals surface area contributed by atoms with Crippen LogP contribution in [-0.4, -0.2) is 42.5 Å². The molecule has 2 aromatic carbocycles. The van der Waals surface area contributed by atoms with Crippen molar-refractivity contribution in [3.8, 4) is 5.75 Å². The molecular formula is C31H42FNO4. The third-order valence-corrected chi connectivity index (χ3v) is 7.64. The fourth-order valence-corrected chi connectivity index (χ4v) is 5.41. The van der Waals surface area contributed by atoms with Gasteiger partial charge >= 0.3 is 5.97 Å². The Labute approximate surface area is 221 Å². The Morgan fingerprint density at radius 1 is 1.19 bits per heavy atom. The number of benzene rings is 2. The van der Waals surface area contributed by atoms with Crippen molar-refractivity contribution in [3.05, 3.63) is 77.6 Å². The van der Waals surface area contributed by atoms with E-state index in [1.807, 2.05) is 0 Å². The van der Waals surface area contributed by atoms with E-state index in [9.17, 15) is 14.3 Å². The van der Waals surface area contributed by atoms with Gasteiger partial charge in [-0.3, -0.25) is 4.79 Å². The smallest absolute Gasteiger partial charge is 0.313 e. The summed E-state index contributed by atoms with van der Waals surface area (Å²) in [5.41, 5.74) is 3.42. The number of allylic oxidation sites excluding steroid dienone is 1. The van der Waals surface area contributed by atoms with E-state index in [4.69, 9.17) is 9.47 Å². The van der Waals surface area contributed by atoms with Crippen molar-refractivity contribution in [3.63, 3.8) is 0 Å².